The van der Waals surface area contributed by atoms with Gasteiger partial charge in [0.15, 0.2) is 0 Å². The van der Waals surface area contributed by atoms with E-state index in [1.54, 1.807) is 29.2 Å². The molecule has 1 aromatic rings. The number of rotatable bonds is 7. The molecule has 1 rings (SSSR count). The van der Waals surface area contributed by atoms with Crippen molar-refractivity contribution in [2.75, 3.05) is 24.5 Å². The molecular formula is C16H23ClN2O2. The van der Waals surface area contributed by atoms with Crippen LogP contribution in [0.3, 0.4) is 0 Å². The van der Waals surface area contributed by atoms with Gasteiger partial charge in [0.2, 0.25) is 11.8 Å². The van der Waals surface area contributed by atoms with Crippen LogP contribution in [0.4, 0.5) is 5.69 Å². The highest BCUT2D eigenvalue weighted by molar-refractivity contribution is 6.30. The van der Waals surface area contributed by atoms with Crippen molar-refractivity contribution in [1.29, 1.82) is 0 Å². The Hall–Kier alpha value is -1.55. The SMILES string of the molecule is CCCN(CCC)C(=O)CN(C(C)=O)c1cccc(Cl)c1. The Bertz CT molecular complexity index is 485. The van der Waals surface area contributed by atoms with E-state index >= 15 is 0 Å². The van der Waals surface area contributed by atoms with Crippen molar-refractivity contribution in [2.24, 2.45) is 0 Å². The fourth-order valence-corrected chi connectivity index (χ4v) is 2.35. The lowest BCUT2D eigenvalue weighted by Gasteiger charge is -2.26. The highest BCUT2D eigenvalue weighted by Gasteiger charge is 2.19. The molecule has 0 saturated carbocycles. The summed E-state index contributed by atoms with van der Waals surface area (Å²) in [5.41, 5.74) is 0.649. The molecule has 0 aliphatic heterocycles. The van der Waals surface area contributed by atoms with Crippen molar-refractivity contribution in [1.82, 2.24) is 4.90 Å². The van der Waals surface area contributed by atoms with Gasteiger partial charge in [-0.25, -0.2) is 0 Å². The number of hydrogen-bond donors (Lipinski definition) is 0. The summed E-state index contributed by atoms with van der Waals surface area (Å²) in [7, 11) is 0. The summed E-state index contributed by atoms with van der Waals surface area (Å²) in [6.07, 6.45) is 1.81. The van der Waals surface area contributed by atoms with Gasteiger partial charge >= 0.3 is 0 Å². The molecule has 0 radical (unpaired) electrons. The molecule has 21 heavy (non-hydrogen) atoms. The standard InChI is InChI=1S/C16H23ClN2O2/c1-4-9-18(10-5-2)16(21)12-19(13(3)20)15-8-6-7-14(17)11-15/h6-8,11H,4-5,9-10,12H2,1-3H3. The van der Waals surface area contributed by atoms with E-state index in [1.807, 2.05) is 13.8 Å². The van der Waals surface area contributed by atoms with E-state index in [0.717, 1.165) is 12.8 Å². The minimum absolute atomic E-state index is 0.0334. The van der Waals surface area contributed by atoms with E-state index in [2.05, 4.69) is 0 Å². The van der Waals surface area contributed by atoms with Gasteiger partial charge in [-0.2, -0.15) is 0 Å². The molecule has 5 heteroatoms. The number of anilines is 1. The number of nitrogens with zero attached hydrogens (tertiary/aromatic N) is 2. The van der Waals surface area contributed by atoms with Gasteiger partial charge in [-0.05, 0) is 31.0 Å². The zero-order valence-electron chi connectivity index (χ0n) is 12.9. The summed E-state index contributed by atoms with van der Waals surface area (Å²) >= 11 is 5.96. The number of halogens is 1. The number of hydrogen-bond acceptors (Lipinski definition) is 2. The first-order valence-electron chi connectivity index (χ1n) is 7.31. The summed E-state index contributed by atoms with van der Waals surface area (Å²) in [4.78, 5) is 27.5. The highest BCUT2D eigenvalue weighted by Crippen LogP contribution is 2.19. The smallest absolute Gasteiger partial charge is 0.242 e. The maximum absolute atomic E-state index is 12.4. The van der Waals surface area contributed by atoms with Crippen LogP contribution >= 0.6 is 11.6 Å². The lowest BCUT2D eigenvalue weighted by molar-refractivity contribution is -0.131. The van der Waals surface area contributed by atoms with E-state index in [4.69, 9.17) is 11.6 Å². The van der Waals surface area contributed by atoms with Crippen molar-refractivity contribution in [3.8, 4) is 0 Å². The number of benzene rings is 1. The van der Waals surface area contributed by atoms with E-state index in [0.29, 0.717) is 23.8 Å². The second kappa shape index (κ2) is 8.67. The lowest BCUT2D eigenvalue weighted by Crippen LogP contribution is -2.43. The van der Waals surface area contributed by atoms with Crippen LogP contribution in [-0.4, -0.2) is 36.3 Å². The molecule has 0 saturated heterocycles. The Kier molecular flexibility index (Phi) is 7.23. The predicted octanol–water partition coefficient (Wildman–Crippen LogP) is 3.34. The van der Waals surface area contributed by atoms with Crippen LogP contribution < -0.4 is 4.90 Å². The zero-order valence-corrected chi connectivity index (χ0v) is 13.7. The molecule has 0 heterocycles. The van der Waals surface area contributed by atoms with E-state index in [9.17, 15) is 9.59 Å². The molecule has 0 spiro atoms. The van der Waals surface area contributed by atoms with Gasteiger partial charge in [0, 0.05) is 30.7 Å². The van der Waals surface area contributed by atoms with E-state index < -0.39 is 0 Å². The summed E-state index contributed by atoms with van der Waals surface area (Å²) in [6, 6.07) is 6.99. The third-order valence-electron chi connectivity index (χ3n) is 3.13. The highest BCUT2D eigenvalue weighted by atomic mass is 35.5. The summed E-state index contributed by atoms with van der Waals surface area (Å²) < 4.78 is 0. The van der Waals surface area contributed by atoms with Gasteiger partial charge in [-0.15, -0.1) is 0 Å². The molecular weight excluding hydrogens is 288 g/mol. The molecule has 0 aromatic heterocycles. The van der Waals surface area contributed by atoms with Gasteiger partial charge < -0.3 is 9.80 Å². The van der Waals surface area contributed by atoms with E-state index in [1.165, 1.54) is 11.8 Å². The first kappa shape index (κ1) is 17.5. The Labute approximate surface area is 131 Å². The largest absolute Gasteiger partial charge is 0.341 e. The topological polar surface area (TPSA) is 40.6 Å². The van der Waals surface area contributed by atoms with E-state index in [-0.39, 0.29) is 18.4 Å². The minimum Gasteiger partial charge on any atom is -0.341 e. The first-order chi connectivity index (χ1) is 9.99. The maximum Gasteiger partial charge on any atom is 0.242 e. The molecule has 0 fully saturated rings. The lowest BCUT2D eigenvalue weighted by atomic mass is 10.2. The second-order valence-electron chi connectivity index (χ2n) is 4.97. The average molecular weight is 311 g/mol. The Morgan fingerprint density at radius 2 is 1.76 bits per heavy atom. The molecule has 2 amide bonds. The number of carbonyl (C=O) groups excluding carboxylic acids is 2. The number of amides is 2. The van der Waals surface area contributed by atoms with Gasteiger partial charge in [-0.3, -0.25) is 9.59 Å². The van der Waals surface area contributed by atoms with Crippen LogP contribution in [0, 0.1) is 0 Å². The monoisotopic (exact) mass is 310 g/mol. The van der Waals surface area contributed by atoms with Crippen molar-refractivity contribution < 1.29 is 9.59 Å². The van der Waals surface area contributed by atoms with Crippen molar-refractivity contribution in [3.63, 3.8) is 0 Å². The van der Waals surface area contributed by atoms with Gasteiger partial charge in [-0.1, -0.05) is 31.5 Å². The maximum atomic E-state index is 12.4. The van der Waals surface area contributed by atoms with Crippen LogP contribution in [-0.2, 0) is 9.59 Å². The first-order valence-corrected chi connectivity index (χ1v) is 7.68. The summed E-state index contributed by atoms with van der Waals surface area (Å²) in [6.45, 7) is 7.01. The second-order valence-corrected chi connectivity index (χ2v) is 5.40. The molecule has 0 aliphatic carbocycles. The molecule has 0 atom stereocenters. The molecule has 0 unspecified atom stereocenters. The molecule has 116 valence electrons. The fraction of sp³-hybridized carbons (Fsp3) is 0.500. The Balaban J connectivity index is 2.87. The van der Waals surface area contributed by atoms with Crippen LogP contribution in [0.1, 0.15) is 33.6 Å². The average Bonchev–Trinajstić information content (AvgIpc) is 2.44. The van der Waals surface area contributed by atoms with Gasteiger partial charge in [0.1, 0.15) is 6.54 Å². The van der Waals surface area contributed by atoms with Gasteiger partial charge in [0.25, 0.3) is 0 Å². The van der Waals surface area contributed by atoms with Crippen LogP contribution in [0.15, 0.2) is 24.3 Å². The van der Waals surface area contributed by atoms with Crippen molar-refractivity contribution in [2.45, 2.75) is 33.6 Å². The molecule has 0 N–H and O–H groups in total. The van der Waals surface area contributed by atoms with Crippen molar-refractivity contribution >= 4 is 29.1 Å². The Morgan fingerprint density at radius 3 is 2.24 bits per heavy atom. The zero-order chi connectivity index (χ0) is 15.8. The quantitative estimate of drug-likeness (QED) is 0.775. The van der Waals surface area contributed by atoms with Crippen LogP contribution in [0.25, 0.3) is 0 Å². The fourth-order valence-electron chi connectivity index (χ4n) is 2.16. The molecule has 4 nitrogen and oxygen atoms in total. The summed E-state index contributed by atoms with van der Waals surface area (Å²) in [5, 5.41) is 0.546. The van der Waals surface area contributed by atoms with Crippen LogP contribution in [0.5, 0.6) is 0 Å². The van der Waals surface area contributed by atoms with Crippen LogP contribution in [0.2, 0.25) is 5.02 Å². The summed E-state index contributed by atoms with van der Waals surface area (Å²) in [5.74, 6) is -0.201. The minimum atomic E-state index is -0.168. The number of carbonyl (C=O) groups is 2. The molecule has 0 bridgehead atoms. The molecule has 1 aromatic carbocycles. The normalized spacial score (nSPS) is 10.3. The third-order valence-corrected chi connectivity index (χ3v) is 3.37. The molecule has 0 aliphatic rings. The van der Waals surface area contributed by atoms with Gasteiger partial charge in [0.05, 0.1) is 0 Å². The Morgan fingerprint density at radius 1 is 1.14 bits per heavy atom. The van der Waals surface area contributed by atoms with Crippen molar-refractivity contribution in [3.05, 3.63) is 29.3 Å². The third kappa shape index (κ3) is 5.38. The predicted molar refractivity (Wildman–Crippen MR) is 86.6 cm³/mol.